The molecular weight excluding hydrogens is 317 g/mol. The average Bonchev–Trinajstić information content (AvgIpc) is 2.84. The maximum atomic E-state index is 13.0. The lowest BCUT2D eigenvalue weighted by Gasteiger charge is -2.06. The Morgan fingerprint density at radius 2 is 1.92 bits per heavy atom. The third-order valence-electron chi connectivity index (χ3n) is 3.34. The van der Waals surface area contributed by atoms with Gasteiger partial charge in [0, 0.05) is 32.8 Å². The molecule has 0 unspecified atom stereocenters. The lowest BCUT2D eigenvalue weighted by molar-refractivity contribution is 0.196. The number of hydrogen-bond donors (Lipinski definition) is 2. The minimum absolute atomic E-state index is 0.228. The number of nitrogens with zero attached hydrogens (tertiary/aromatic N) is 3. The molecule has 0 bridgehead atoms. The zero-order valence-corrected chi connectivity index (χ0v) is 13.6. The highest BCUT2D eigenvalue weighted by atomic mass is 19.1. The molecule has 2 N–H and O–H groups in total. The Bertz CT molecular complexity index is 739. The second-order valence-electron chi connectivity index (χ2n) is 5.07. The van der Waals surface area contributed by atoms with E-state index in [-0.39, 0.29) is 30.6 Å². The van der Waals surface area contributed by atoms with Gasteiger partial charge in [0.25, 0.3) is 0 Å². The van der Waals surface area contributed by atoms with E-state index in [1.165, 1.54) is 21.4 Å². The van der Waals surface area contributed by atoms with Crippen LogP contribution in [0.1, 0.15) is 0 Å². The van der Waals surface area contributed by atoms with Crippen molar-refractivity contribution in [3.05, 3.63) is 40.6 Å². The zero-order chi connectivity index (χ0) is 17.5. The van der Waals surface area contributed by atoms with Crippen LogP contribution in [-0.2, 0) is 18.3 Å². The summed E-state index contributed by atoms with van der Waals surface area (Å²) in [7, 11) is 3.14. The van der Waals surface area contributed by atoms with Gasteiger partial charge in [-0.15, -0.1) is 5.10 Å². The maximum Gasteiger partial charge on any atom is 0.345 e. The smallest absolute Gasteiger partial charge is 0.345 e. The lowest BCUT2D eigenvalue weighted by Crippen LogP contribution is -2.39. The first-order chi connectivity index (χ1) is 11.5. The highest BCUT2D eigenvalue weighted by Crippen LogP contribution is 2.15. The van der Waals surface area contributed by atoms with Crippen molar-refractivity contribution in [3.8, 4) is 11.4 Å². The van der Waals surface area contributed by atoms with Crippen molar-refractivity contribution >= 4 is 6.03 Å². The molecule has 9 heteroatoms. The fraction of sp³-hybridized carbons (Fsp3) is 0.400. The Morgan fingerprint density at radius 3 is 2.58 bits per heavy atom. The number of nitrogens with one attached hydrogen (secondary N) is 2. The summed E-state index contributed by atoms with van der Waals surface area (Å²) in [5, 5.41) is 9.47. The summed E-state index contributed by atoms with van der Waals surface area (Å²) >= 11 is 0. The van der Waals surface area contributed by atoms with E-state index in [1.807, 2.05) is 0 Å². The van der Waals surface area contributed by atoms with E-state index in [0.29, 0.717) is 24.5 Å². The molecular formula is C15H20FN5O3. The van der Waals surface area contributed by atoms with Gasteiger partial charge in [0.2, 0.25) is 0 Å². The Balaban J connectivity index is 1.97. The van der Waals surface area contributed by atoms with Crippen molar-refractivity contribution in [2.24, 2.45) is 7.05 Å². The van der Waals surface area contributed by atoms with Crippen LogP contribution in [0.3, 0.4) is 0 Å². The summed E-state index contributed by atoms with van der Waals surface area (Å²) in [6.45, 7) is 1.30. The number of amides is 2. The lowest BCUT2D eigenvalue weighted by atomic mass is 10.2. The molecule has 0 radical (unpaired) electrons. The van der Waals surface area contributed by atoms with E-state index in [0.717, 1.165) is 0 Å². The van der Waals surface area contributed by atoms with Crippen LogP contribution in [0.25, 0.3) is 11.4 Å². The van der Waals surface area contributed by atoms with E-state index in [9.17, 15) is 14.0 Å². The van der Waals surface area contributed by atoms with Crippen molar-refractivity contribution in [2.45, 2.75) is 6.54 Å². The van der Waals surface area contributed by atoms with Gasteiger partial charge in [-0.1, -0.05) is 0 Å². The molecule has 1 aromatic carbocycles. The van der Waals surface area contributed by atoms with E-state index in [4.69, 9.17) is 4.74 Å². The summed E-state index contributed by atoms with van der Waals surface area (Å²) in [5.41, 5.74) is 0.330. The predicted molar refractivity (Wildman–Crippen MR) is 86.1 cm³/mol. The third-order valence-corrected chi connectivity index (χ3v) is 3.34. The maximum absolute atomic E-state index is 13.0. The van der Waals surface area contributed by atoms with Crippen LogP contribution in [0.5, 0.6) is 0 Å². The van der Waals surface area contributed by atoms with E-state index in [2.05, 4.69) is 15.7 Å². The van der Waals surface area contributed by atoms with Crippen LogP contribution < -0.4 is 16.3 Å². The molecule has 0 fully saturated rings. The minimum Gasteiger partial charge on any atom is -0.383 e. The van der Waals surface area contributed by atoms with Gasteiger partial charge in [0.1, 0.15) is 5.82 Å². The van der Waals surface area contributed by atoms with E-state index < -0.39 is 0 Å². The number of halogens is 1. The number of hydrogen-bond acceptors (Lipinski definition) is 4. The molecule has 0 saturated carbocycles. The average molecular weight is 337 g/mol. The second kappa shape index (κ2) is 8.25. The molecule has 1 heterocycles. The quantitative estimate of drug-likeness (QED) is 0.713. The molecule has 0 aliphatic rings. The number of carbonyl (C=O) groups excluding carboxylic acids is 1. The van der Waals surface area contributed by atoms with Crippen molar-refractivity contribution in [3.63, 3.8) is 0 Å². The largest absolute Gasteiger partial charge is 0.383 e. The fourth-order valence-corrected chi connectivity index (χ4v) is 2.09. The first-order valence-electron chi connectivity index (χ1n) is 7.43. The number of benzene rings is 1. The minimum atomic E-state index is -0.355. The van der Waals surface area contributed by atoms with E-state index in [1.54, 1.807) is 26.3 Å². The summed E-state index contributed by atoms with van der Waals surface area (Å²) in [4.78, 5) is 23.7. The van der Waals surface area contributed by atoms with Crippen molar-refractivity contribution in [1.29, 1.82) is 0 Å². The standard InChI is InChI=1S/C15H20FN5O3/c1-20-13(11-3-5-12(16)6-4-11)19-21(15(20)23)9-7-17-14(22)18-8-10-24-2/h3-6H,7-10H2,1-2H3,(H2,17,18,22). The summed E-state index contributed by atoms with van der Waals surface area (Å²) in [5.74, 6) is 0.0800. The molecule has 1 aromatic heterocycles. The van der Waals surface area contributed by atoms with Crippen LogP contribution in [0.2, 0.25) is 0 Å². The molecule has 0 aliphatic carbocycles. The van der Waals surface area contributed by atoms with Gasteiger partial charge in [-0.2, -0.15) is 0 Å². The molecule has 2 rings (SSSR count). The van der Waals surface area contributed by atoms with Gasteiger partial charge in [-0.3, -0.25) is 4.57 Å². The third kappa shape index (κ3) is 4.42. The van der Waals surface area contributed by atoms with Crippen molar-refractivity contribution in [2.75, 3.05) is 26.8 Å². The summed E-state index contributed by atoms with van der Waals surface area (Å²) < 4.78 is 20.5. The van der Waals surface area contributed by atoms with Gasteiger partial charge in [0.05, 0.1) is 13.2 Å². The molecule has 0 saturated heterocycles. The predicted octanol–water partition coefficient (Wildman–Crippen LogP) is 0.333. The van der Waals surface area contributed by atoms with Gasteiger partial charge in [-0.05, 0) is 24.3 Å². The molecule has 130 valence electrons. The normalized spacial score (nSPS) is 10.6. The number of urea groups is 1. The molecule has 0 aliphatic heterocycles. The van der Waals surface area contributed by atoms with Crippen LogP contribution in [-0.4, -0.2) is 47.2 Å². The van der Waals surface area contributed by atoms with Crippen LogP contribution >= 0.6 is 0 Å². The second-order valence-corrected chi connectivity index (χ2v) is 5.07. The monoisotopic (exact) mass is 337 g/mol. The van der Waals surface area contributed by atoms with Gasteiger partial charge >= 0.3 is 11.7 Å². The Morgan fingerprint density at radius 1 is 1.25 bits per heavy atom. The van der Waals surface area contributed by atoms with Crippen molar-refractivity contribution in [1.82, 2.24) is 25.0 Å². The topological polar surface area (TPSA) is 90.2 Å². The number of carbonyl (C=O) groups is 1. The Hall–Kier alpha value is -2.68. The molecule has 0 spiro atoms. The van der Waals surface area contributed by atoms with Gasteiger partial charge in [0.15, 0.2) is 5.82 Å². The number of ether oxygens (including phenoxy) is 1. The van der Waals surface area contributed by atoms with Crippen LogP contribution in [0.15, 0.2) is 29.1 Å². The van der Waals surface area contributed by atoms with Crippen LogP contribution in [0.4, 0.5) is 9.18 Å². The number of aromatic nitrogens is 3. The Kier molecular flexibility index (Phi) is 6.07. The summed E-state index contributed by atoms with van der Waals surface area (Å²) in [6, 6.07) is 5.40. The highest BCUT2D eigenvalue weighted by molar-refractivity contribution is 5.73. The first kappa shape index (κ1) is 17.7. The zero-order valence-electron chi connectivity index (χ0n) is 13.6. The molecule has 24 heavy (non-hydrogen) atoms. The number of rotatable bonds is 7. The number of methoxy groups -OCH3 is 1. The molecule has 2 amide bonds. The van der Waals surface area contributed by atoms with Crippen LogP contribution in [0, 0.1) is 5.82 Å². The van der Waals surface area contributed by atoms with Gasteiger partial charge < -0.3 is 15.4 Å². The SMILES string of the molecule is COCCNC(=O)NCCn1nc(-c2ccc(F)cc2)n(C)c1=O. The first-order valence-corrected chi connectivity index (χ1v) is 7.43. The highest BCUT2D eigenvalue weighted by Gasteiger charge is 2.12. The van der Waals surface area contributed by atoms with E-state index >= 15 is 0 Å². The Labute approximate surface area is 138 Å². The molecule has 0 atom stereocenters. The fourth-order valence-electron chi connectivity index (χ4n) is 2.09. The van der Waals surface area contributed by atoms with Crippen molar-refractivity contribution < 1.29 is 13.9 Å². The summed E-state index contributed by atoms with van der Waals surface area (Å²) in [6.07, 6.45) is 0. The van der Waals surface area contributed by atoms with Gasteiger partial charge in [-0.25, -0.2) is 18.7 Å². The molecule has 8 nitrogen and oxygen atoms in total. The molecule has 2 aromatic rings.